The van der Waals surface area contributed by atoms with Crippen LogP contribution in [0.25, 0.3) is 0 Å². The minimum atomic E-state index is -0.621. The molecule has 0 saturated heterocycles. The van der Waals surface area contributed by atoms with Gasteiger partial charge in [-0.1, -0.05) is 127 Å². The second kappa shape index (κ2) is 11.3. The number of hydrogen-bond donors (Lipinski definition) is 0. The van der Waals surface area contributed by atoms with Crippen molar-refractivity contribution in [3.8, 4) is 12.1 Å². The first-order chi connectivity index (χ1) is 14.3. The average molecular weight is 410 g/mol. The molecular weight excluding hydrogens is 386 g/mol. The SMILES string of the molecule is C#CP(c1ccccc1)c1ccccc1.PC(c1ccccc1)c1ccccc1. The van der Waals surface area contributed by atoms with E-state index in [0.29, 0.717) is 5.66 Å². The molecule has 0 saturated carbocycles. The summed E-state index contributed by atoms with van der Waals surface area (Å²) in [5, 5.41) is 2.47. The predicted octanol–water partition coefficient (Wildman–Crippen LogP) is 6.36. The summed E-state index contributed by atoms with van der Waals surface area (Å²) in [6.45, 7) is 0. The molecule has 0 aliphatic carbocycles. The molecule has 1 atom stereocenters. The van der Waals surface area contributed by atoms with Crippen molar-refractivity contribution in [2.75, 3.05) is 0 Å². The molecule has 0 radical (unpaired) electrons. The van der Waals surface area contributed by atoms with Crippen LogP contribution in [0.15, 0.2) is 121 Å². The summed E-state index contributed by atoms with van der Waals surface area (Å²) in [5.74, 6) is 0. The van der Waals surface area contributed by atoms with Crippen molar-refractivity contribution < 1.29 is 0 Å². The van der Waals surface area contributed by atoms with E-state index >= 15 is 0 Å². The summed E-state index contributed by atoms with van der Waals surface area (Å²) in [6.07, 6.45) is 5.62. The van der Waals surface area contributed by atoms with Gasteiger partial charge in [0.1, 0.15) is 0 Å². The Morgan fingerprint density at radius 2 is 0.862 bits per heavy atom. The van der Waals surface area contributed by atoms with Gasteiger partial charge in [0.2, 0.25) is 0 Å². The molecule has 0 nitrogen and oxygen atoms in total. The maximum Gasteiger partial charge on any atom is 0.0341 e. The van der Waals surface area contributed by atoms with Gasteiger partial charge >= 0.3 is 0 Å². The third-order valence-corrected chi connectivity index (χ3v) is 7.13. The van der Waals surface area contributed by atoms with Crippen molar-refractivity contribution in [2.24, 2.45) is 0 Å². The van der Waals surface area contributed by atoms with E-state index in [4.69, 9.17) is 6.42 Å². The normalized spacial score (nSPS) is 10.1. The van der Waals surface area contributed by atoms with Crippen molar-refractivity contribution in [2.45, 2.75) is 5.66 Å². The molecule has 0 amide bonds. The Morgan fingerprint density at radius 1 is 0.552 bits per heavy atom. The van der Waals surface area contributed by atoms with Crippen molar-refractivity contribution in [1.82, 2.24) is 0 Å². The highest BCUT2D eigenvalue weighted by Gasteiger charge is 2.09. The average Bonchev–Trinajstić information content (AvgIpc) is 2.82. The van der Waals surface area contributed by atoms with Gasteiger partial charge < -0.3 is 0 Å². The minimum Gasteiger partial charge on any atom is -0.125 e. The Morgan fingerprint density at radius 3 is 1.17 bits per heavy atom. The summed E-state index contributed by atoms with van der Waals surface area (Å²) in [6, 6.07) is 41.6. The van der Waals surface area contributed by atoms with Gasteiger partial charge in [-0.05, 0) is 21.7 Å². The number of terminal acetylenes is 1. The molecule has 0 bridgehead atoms. The third-order valence-electron chi connectivity index (χ3n) is 4.48. The highest BCUT2D eigenvalue weighted by molar-refractivity contribution is 7.77. The lowest BCUT2D eigenvalue weighted by Gasteiger charge is -2.11. The second-order valence-electron chi connectivity index (χ2n) is 6.43. The van der Waals surface area contributed by atoms with Crippen LogP contribution in [0.3, 0.4) is 0 Å². The van der Waals surface area contributed by atoms with Crippen LogP contribution in [0.5, 0.6) is 0 Å². The zero-order valence-electron chi connectivity index (χ0n) is 16.2. The van der Waals surface area contributed by atoms with Gasteiger partial charge in [-0.2, -0.15) is 0 Å². The molecule has 4 aromatic carbocycles. The van der Waals surface area contributed by atoms with Gasteiger partial charge in [0.05, 0.1) is 0 Å². The maximum atomic E-state index is 5.62. The van der Waals surface area contributed by atoms with Gasteiger partial charge in [0.25, 0.3) is 0 Å². The Labute approximate surface area is 178 Å². The van der Waals surface area contributed by atoms with Crippen LogP contribution in [0.2, 0.25) is 0 Å². The molecule has 4 aromatic rings. The van der Waals surface area contributed by atoms with Crippen LogP contribution < -0.4 is 10.6 Å². The molecule has 142 valence electrons. The summed E-state index contributed by atoms with van der Waals surface area (Å²) < 4.78 is 0. The second-order valence-corrected chi connectivity index (χ2v) is 9.06. The van der Waals surface area contributed by atoms with Crippen molar-refractivity contribution >= 4 is 27.8 Å². The van der Waals surface area contributed by atoms with E-state index in [9.17, 15) is 0 Å². The quantitative estimate of drug-likeness (QED) is 0.271. The van der Waals surface area contributed by atoms with Crippen LogP contribution in [0.4, 0.5) is 0 Å². The molecule has 0 N–H and O–H groups in total. The van der Waals surface area contributed by atoms with E-state index in [1.807, 2.05) is 48.5 Å². The number of benzene rings is 4. The molecule has 4 rings (SSSR count). The van der Waals surface area contributed by atoms with Gasteiger partial charge in [-0.3, -0.25) is 0 Å². The van der Waals surface area contributed by atoms with E-state index in [0.717, 1.165) is 0 Å². The molecule has 0 aliphatic rings. The molecule has 1 unspecified atom stereocenters. The fourth-order valence-electron chi connectivity index (χ4n) is 2.97. The first-order valence-corrected chi connectivity index (χ1v) is 11.5. The summed E-state index contributed by atoms with van der Waals surface area (Å²) in [7, 11) is 2.27. The van der Waals surface area contributed by atoms with Crippen LogP contribution >= 0.6 is 17.2 Å². The fourth-order valence-corrected chi connectivity index (χ4v) is 4.95. The summed E-state index contributed by atoms with van der Waals surface area (Å²) >= 11 is 0. The van der Waals surface area contributed by atoms with Gasteiger partial charge in [-0.15, -0.1) is 15.7 Å². The first-order valence-electron chi connectivity index (χ1n) is 9.51. The smallest absolute Gasteiger partial charge is 0.0341 e. The maximum absolute atomic E-state index is 5.62. The highest BCUT2D eigenvalue weighted by atomic mass is 31.1. The summed E-state index contributed by atoms with van der Waals surface area (Å²) in [5.41, 5.74) is 5.97. The first kappa shape index (κ1) is 21.0. The lowest BCUT2D eigenvalue weighted by atomic mass is 10.0. The summed E-state index contributed by atoms with van der Waals surface area (Å²) in [4.78, 5) is 0. The van der Waals surface area contributed by atoms with Gasteiger partial charge in [0.15, 0.2) is 0 Å². The van der Waals surface area contributed by atoms with Gasteiger partial charge in [0, 0.05) is 13.6 Å². The lowest BCUT2D eigenvalue weighted by Crippen LogP contribution is -2.09. The van der Waals surface area contributed by atoms with Crippen molar-refractivity contribution in [1.29, 1.82) is 0 Å². The number of hydrogen-bond acceptors (Lipinski definition) is 0. The predicted molar refractivity (Wildman–Crippen MR) is 132 cm³/mol. The molecule has 0 fully saturated rings. The van der Waals surface area contributed by atoms with Crippen molar-refractivity contribution in [3.05, 3.63) is 132 Å². The Kier molecular flexibility index (Phi) is 8.22. The Bertz CT molecular complexity index is 929. The molecule has 0 spiro atoms. The number of rotatable bonds is 4. The van der Waals surface area contributed by atoms with E-state index in [1.165, 1.54) is 21.7 Å². The van der Waals surface area contributed by atoms with E-state index in [1.54, 1.807) is 0 Å². The highest BCUT2D eigenvalue weighted by Crippen LogP contribution is 2.31. The standard InChI is InChI=1S/C14H11P.C13H13P/c1-2-15(13-9-5-3-6-10-13)14-11-7-4-8-12-14;14-13(11-7-3-1-4-8-11)12-9-5-2-6-10-12/h1,3-12H;1-10,13H,14H2. The van der Waals surface area contributed by atoms with Crippen LogP contribution in [0, 0.1) is 12.1 Å². The molecule has 29 heavy (non-hydrogen) atoms. The molecule has 0 aromatic heterocycles. The molecule has 0 heterocycles. The van der Waals surface area contributed by atoms with Crippen molar-refractivity contribution in [3.63, 3.8) is 0 Å². The topological polar surface area (TPSA) is 0 Å². The third kappa shape index (κ3) is 6.14. The van der Waals surface area contributed by atoms with Crippen LogP contribution in [0.1, 0.15) is 16.8 Å². The zero-order valence-corrected chi connectivity index (χ0v) is 18.3. The molecule has 2 heteroatoms. The largest absolute Gasteiger partial charge is 0.125 e. The van der Waals surface area contributed by atoms with Crippen LogP contribution in [-0.2, 0) is 0 Å². The van der Waals surface area contributed by atoms with Gasteiger partial charge in [-0.25, -0.2) is 0 Å². The monoisotopic (exact) mass is 410 g/mol. The fraction of sp³-hybridized carbons (Fsp3) is 0.0370. The zero-order chi connectivity index (χ0) is 20.3. The van der Waals surface area contributed by atoms with E-state index in [2.05, 4.69) is 87.7 Å². The minimum absolute atomic E-state index is 0.400. The molecule has 0 aliphatic heterocycles. The van der Waals surface area contributed by atoms with E-state index in [-0.39, 0.29) is 0 Å². The Hall–Kier alpha value is -2.70. The van der Waals surface area contributed by atoms with E-state index < -0.39 is 7.92 Å². The Balaban J connectivity index is 0.000000166. The lowest BCUT2D eigenvalue weighted by molar-refractivity contribution is 1.16. The molecular formula is C27H24P2. The van der Waals surface area contributed by atoms with Crippen LogP contribution in [-0.4, -0.2) is 0 Å².